The molecule has 0 saturated carbocycles. The zero-order valence-electron chi connectivity index (χ0n) is 15.0. The second-order valence-corrected chi connectivity index (χ2v) is 6.98. The van der Waals surface area contributed by atoms with Gasteiger partial charge in [-0.25, -0.2) is 4.39 Å². The van der Waals surface area contributed by atoms with Crippen LogP contribution in [0.4, 0.5) is 4.39 Å². The molecule has 1 aliphatic heterocycles. The van der Waals surface area contributed by atoms with Gasteiger partial charge in [-0.05, 0) is 42.8 Å². The maximum absolute atomic E-state index is 13.4. The minimum atomic E-state index is -0.253. The van der Waals surface area contributed by atoms with E-state index < -0.39 is 0 Å². The van der Waals surface area contributed by atoms with Crippen LogP contribution in [0.15, 0.2) is 42.6 Å². The van der Waals surface area contributed by atoms with Crippen molar-refractivity contribution in [1.82, 2.24) is 29.9 Å². The number of halogens is 1. The lowest BCUT2D eigenvalue weighted by Gasteiger charge is -2.26. The van der Waals surface area contributed by atoms with Crippen LogP contribution in [-0.2, 0) is 19.6 Å². The van der Waals surface area contributed by atoms with Crippen molar-refractivity contribution in [2.24, 2.45) is 0 Å². The van der Waals surface area contributed by atoms with Crippen LogP contribution < -0.4 is 0 Å². The molecule has 0 bridgehead atoms. The molecule has 0 fully saturated rings. The number of aromatic nitrogens is 5. The van der Waals surface area contributed by atoms with Crippen molar-refractivity contribution in [2.45, 2.75) is 26.6 Å². The minimum absolute atomic E-state index is 0.253. The largest absolute Gasteiger partial charge is 0.290 e. The first kappa shape index (κ1) is 16.1. The van der Waals surface area contributed by atoms with Crippen molar-refractivity contribution in [3.8, 4) is 11.4 Å². The number of nitrogens with zero attached hydrogens (tertiary/aromatic N) is 5. The molecule has 0 atom stereocenters. The number of pyridine rings is 1. The molecular weight excluding hydrogens is 343 g/mol. The number of aryl methyl sites for hydroxylation is 1. The number of rotatable bonds is 3. The highest BCUT2D eigenvalue weighted by Gasteiger charge is 2.21. The van der Waals surface area contributed by atoms with Gasteiger partial charge in [-0.3, -0.25) is 19.7 Å². The molecule has 6 nitrogen and oxygen atoms in total. The summed E-state index contributed by atoms with van der Waals surface area (Å²) in [5.41, 5.74) is 5.84. The van der Waals surface area contributed by atoms with Crippen LogP contribution in [0.5, 0.6) is 0 Å². The fourth-order valence-electron chi connectivity index (χ4n) is 3.71. The highest BCUT2D eigenvalue weighted by Crippen LogP contribution is 2.25. The molecule has 7 heteroatoms. The molecule has 1 aliphatic rings. The number of nitrogens with one attached hydrogen (secondary N) is 1. The lowest BCUT2D eigenvalue weighted by molar-refractivity contribution is 0.203. The Morgan fingerprint density at radius 1 is 1.19 bits per heavy atom. The maximum atomic E-state index is 13.4. The fraction of sp³-hybridized carbons (Fsp3) is 0.250. The van der Waals surface area contributed by atoms with Gasteiger partial charge in [0.2, 0.25) is 0 Å². The van der Waals surface area contributed by atoms with E-state index in [0.29, 0.717) is 0 Å². The SMILES string of the molecule is Cc1cccnc1-c1cc2n(n1)CCN(Cc1n[nH]c3cc(F)ccc13)C2. The van der Waals surface area contributed by atoms with E-state index in [1.54, 1.807) is 12.3 Å². The molecule has 4 heterocycles. The molecule has 1 N–H and O–H groups in total. The smallest absolute Gasteiger partial charge is 0.125 e. The quantitative estimate of drug-likeness (QED) is 0.607. The molecule has 5 rings (SSSR count). The zero-order valence-corrected chi connectivity index (χ0v) is 15.0. The van der Waals surface area contributed by atoms with Gasteiger partial charge in [0, 0.05) is 31.2 Å². The Kier molecular flexibility index (Phi) is 3.75. The predicted octanol–water partition coefficient (Wildman–Crippen LogP) is 3.28. The third-order valence-electron chi connectivity index (χ3n) is 5.11. The Balaban J connectivity index is 1.39. The van der Waals surface area contributed by atoms with Crippen LogP contribution in [0.3, 0.4) is 0 Å². The van der Waals surface area contributed by atoms with Crippen molar-refractivity contribution in [3.05, 3.63) is 65.4 Å². The molecule has 0 radical (unpaired) electrons. The van der Waals surface area contributed by atoms with E-state index in [9.17, 15) is 4.39 Å². The average Bonchev–Trinajstić information content (AvgIpc) is 3.25. The lowest BCUT2D eigenvalue weighted by atomic mass is 10.1. The van der Waals surface area contributed by atoms with Crippen molar-refractivity contribution in [1.29, 1.82) is 0 Å². The number of benzene rings is 1. The summed E-state index contributed by atoms with van der Waals surface area (Å²) >= 11 is 0. The summed E-state index contributed by atoms with van der Waals surface area (Å²) in [6.45, 7) is 5.30. The monoisotopic (exact) mass is 362 g/mol. The van der Waals surface area contributed by atoms with Gasteiger partial charge in [-0.2, -0.15) is 10.2 Å². The molecular formula is C20H19FN6. The van der Waals surface area contributed by atoms with Crippen LogP contribution in [0.25, 0.3) is 22.3 Å². The van der Waals surface area contributed by atoms with Gasteiger partial charge in [0.25, 0.3) is 0 Å². The standard InChI is InChI=1S/C20H19FN6/c1-13-3-2-6-22-20(13)18-10-15-11-26(7-8-27(15)25-18)12-19-16-5-4-14(21)9-17(16)23-24-19/h2-6,9-10H,7-8,11-12H2,1H3,(H,23,24). The van der Waals surface area contributed by atoms with Gasteiger partial charge < -0.3 is 0 Å². The van der Waals surface area contributed by atoms with E-state index in [2.05, 4.69) is 43.8 Å². The lowest BCUT2D eigenvalue weighted by Crippen LogP contribution is -2.33. The molecule has 3 aromatic heterocycles. The summed E-state index contributed by atoms with van der Waals surface area (Å²) in [5.74, 6) is -0.253. The number of aromatic amines is 1. The maximum Gasteiger partial charge on any atom is 0.125 e. The second kappa shape index (κ2) is 6.28. The van der Waals surface area contributed by atoms with Gasteiger partial charge in [-0.1, -0.05) is 6.07 Å². The van der Waals surface area contributed by atoms with Gasteiger partial charge >= 0.3 is 0 Å². The topological polar surface area (TPSA) is 62.6 Å². The normalized spacial score (nSPS) is 14.6. The molecule has 136 valence electrons. The molecule has 27 heavy (non-hydrogen) atoms. The summed E-state index contributed by atoms with van der Waals surface area (Å²) < 4.78 is 15.4. The predicted molar refractivity (Wildman–Crippen MR) is 100 cm³/mol. The summed E-state index contributed by atoms with van der Waals surface area (Å²) in [5, 5.41) is 13.0. The first-order valence-corrected chi connectivity index (χ1v) is 9.01. The highest BCUT2D eigenvalue weighted by atomic mass is 19.1. The Labute approximate surface area is 155 Å². The second-order valence-electron chi connectivity index (χ2n) is 6.98. The number of hydrogen-bond donors (Lipinski definition) is 1. The summed E-state index contributed by atoms with van der Waals surface area (Å²) in [4.78, 5) is 6.82. The Bertz CT molecular complexity index is 1130. The van der Waals surface area contributed by atoms with Crippen LogP contribution >= 0.6 is 0 Å². The third-order valence-corrected chi connectivity index (χ3v) is 5.11. The number of fused-ring (bicyclic) bond motifs is 2. The van der Waals surface area contributed by atoms with Crippen molar-refractivity contribution < 1.29 is 4.39 Å². The van der Waals surface area contributed by atoms with Crippen LogP contribution in [0.1, 0.15) is 17.0 Å². The van der Waals surface area contributed by atoms with Gasteiger partial charge in [0.15, 0.2) is 0 Å². The molecule has 0 saturated heterocycles. The Morgan fingerprint density at radius 2 is 2.11 bits per heavy atom. The summed E-state index contributed by atoms with van der Waals surface area (Å²) in [7, 11) is 0. The summed E-state index contributed by atoms with van der Waals surface area (Å²) in [6.07, 6.45) is 1.80. The van der Waals surface area contributed by atoms with Crippen molar-refractivity contribution in [3.63, 3.8) is 0 Å². The van der Waals surface area contributed by atoms with E-state index in [4.69, 9.17) is 5.10 Å². The van der Waals surface area contributed by atoms with Crippen LogP contribution in [0, 0.1) is 12.7 Å². The Morgan fingerprint density at radius 3 is 3.00 bits per heavy atom. The fourth-order valence-corrected chi connectivity index (χ4v) is 3.71. The van der Waals surface area contributed by atoms with E-state index in [-0.39, 0.29) is 5.82 Å². The van der Waals surface area contributed by atoms with Gasteiger partial charge in [0.05, 0.1) is 29.1 Å². The number of hydrogen-bond acceptors (Lipinski definition) is 4. The molecule has 4 aromatic rings. The molecule has 0 unspecified atom stereocenters. The van der Waals surface area contributed by atoms with Gasteiger partial charge in [0.1, 0.15) is 11.5 Å². The van der Waals surface area contributed by atoms with E-state index in [0.717, 1.165) is 59.7 Å². The van der Waals surface area contributed by atoms with Crippen LogP contribution in [-0.4, -0.2) is 36.4 Å². The minimum Gasteiger partial charge on any atom is -0.290 e. The van der Waals surface area contributed by atoms with E-state index in [1.165, 1.54) is 17.8 Å². The highest BCUT2D eigenvalue weighted by molar-refractivity contribution is 5.81. The zero-order chi connectivity index (χ0) is 18.4. The average molecular weight is 362 g/mol. The van der Waals surface area contributed by atoms with E-state index >= 15 is 0 Å². The molecule has 0 spiro atoms. The van der Waals surface area contributed by atoms with Crippen molar-refractivity contribution in [2.75, 3.05) is 6.54 Å². The van der Waals surface area contributed by atoms with Crippen molar-refractivity contribution >= 4 is 10.9 Å². The number of H-pyrrole nitrogens is 1. The third kappa shape index (κ3) is 2.90. The van der Waals surface area contributed by atoms with E-state index in [1.807, 2.05) is 6.07 Å². The molecule has 0 amide bonds. The first-order valence-electron chi connectivity index (χ1n) is 9.01. The molecule has 1 aromatic carbocycles. The van der Waals surface area contributed by atoms with Gasteiger partial charge in [-0.15, -0.1) is 0 Å². The Hall–Kier alpha value is -3.06. The molecule has 0 aliphatic carbocycles. The first-order chi connectivity index (χ1) is 13.2. The van der Waals surface area contributed by atoms with Crippen LogP contribution in [0.2, 0.25) is 0 Å². The summed E-state index contributed by atoms with van der Waals surface area (Å²) in [6, 6.07) is 10.9.